The van der Waals surface area contributed by atoms with Crippen molar-refractivity contribution >= 4 is 33.2 Å². The quantitative estimate of drug-likeness (QED) is 0.930. The summed E-state index contributed by atoms with van der Waals surface area (Å²) in [6, 6.07) is 1.74. The predicted molar refractivity (Wildman–Crippen MR) is 72.3 cm³/mol. The Morgan fingerprint density at radius 2 is 2.47 bits per heavy atom. The first-order valence-corrected chi connectivity index (χ1v) is 7.45. The van der Waals surface area contributed by atoms with Crippen LogP contribution in [0.1, 0.15) is 24.6 Å². The van der Waals surface area contributed by atoms with Crippen molar-refractivity contribution < 1.29 is 9.90 Å². The Morgan fingerprint density at radius 1 is 1.71 bits per heavy atom. The van der Waals surface area contributed by atoms with Crippen LogP contribution in [0.3, 0.4) is 0 Å². The molecule has 1 fully saturated rings. The average Bonchev–Trinajstić information content (AvgIpc) is 2.63. The molecule has 1 aromatic heterocycles. The van der Waals surface area contributed by atoms with Crippen LogP contribution in [0, 0.1) is 5.92 Å². The molecule has 0 bridgehead atoms. The second kappa shape index (κ2) is 5.50. The van der Waals surface area contributed by atoms with Crippen LogP contribution in [-0.2, 0) is 11.3 Å². The third kappa shape index (κ3) is 3.09. The molecule has 1 aliphatic rings. The van der Waals surface area contributed by atoms with Crippen molar-refractivity contribution in [2.45, 2.75) is 32.4 Å². The van der Waals surface area contributed by atoms with Crippen LogP contribution in [0.15, 0.2) is 15.9 Å². The minimum Gasteiger partial charge on any atom is -0.480 e. The Labute approximate surface area is 114 Å². The van der Waals surface area contributed by atoms with Gasteiger partial charge in [-0.25, -0.2) is 0 Å². The SMILES string of the molecule is CC1CCCN(Cc2cc(Br)cs2)C1C(=O)O. The highest BCUT2D eigenvalue weighted by Gasteiger charge is 2.34. The van der Waals surface area contributed by atoms with Crippen molar-refractivity contribution in [3.63, 3.8) is 0 Å². The van der Waals surface area contributed by atoms with Crippen LogP contribution in [0.2, 0.25) is 0 Å². The van der Waals surface area contributed by atoms with E-state index in [9.17, 15) is 9.90 Å². The maximum Gasteiger partial charge on any atom is 0.321 e. The molecule has 0 spiro atoms. The molecule has 0 aliphatic carbocycles. The van der Waals surface area contributed by atoms with E-state index in [1.54, 1.807) is 11.3 Å². The highest BCUT2D eigenvalue weighted by molar-refractivity contribution is 9.10. The maximum atomic E-state index is 11.3. The number of carboxylic acids is 1. The summed E-state index contributed by atoms with van der Waals surface area (Å²) >= 11 is 5.11. The number of aliphatic carboxylic acids is 1. The van der Waals surface area contributed by atoms with Gasteiger partial charge in [0, 0.05) is 21.3 Å². The summed E-state index contributed by atoms with van der Waals surface area (Å²) in [6.45, 7) is 3.67. The summed E-state index contributed by atoms with van der Waals surface area (Å²) in [5.74, 6) is -0.447. The first kappa shape index (κ1) is 13.1. The van der Waals surface area contributed by atoms with Gasteiger partial charge in [-0.2, -0.15) is 0 Å². The van der Waals surface area contributed by atoms with Gasteiger partial charge in [-0.1, -0.05) is 6.92 Å². The summed E-state index contributed by atoms with van der Waals surface area (Å²) in [5.41, 5.74) is 0. The molecule has 1 saturated heterocycles. The third-order valence-corrected chi connectivity index (χ3v) is 4.95. The second-order valence-corrected chi connectivity index (χ2v) is 6.52. The van der Waals surface area contributed by atoms with E-state index in [0.29, 0.717) is 0 Å². The van der Waals surface area contributed by atoms with Crippen molar-refractivity contribution in [2.24, 2.45) is 5.92 Å². The fraction of sp³-hybridized carbons (Fsp3) is 0.583. The van der Waals surface area contributed by atoms with Gasteiger partial charge >= 0.3 is 5.97 Å². The molecule has 2 rings (SSSR count). The minimum atomic E-state index is -0.687. The van der Waals surface area contributed by atoms with E-state index in [-0.39, 0.29) is 12.0 Å². The molecule has 17 heavy (non-hydrogen) atoms. The molecule has 5 heteroatoms. The molecule has 0 aromatic carbocycles. The van der Waals surface area contributed by atoms with Crippen LogP contribution < -0.4 is 0 Å². The summed E-state index contributed by atoms with van der Waals surface area (Å²) in [4.78, 5) is 14.6. The molecule has 2 heterocycles. The van der Waals surface area contributed by atoms with Gasteiger partial charge < -0.3 is 5.11 Å². The van der Waals surface area contributed by atoms with Gasteiger partial charge in [0.15, 0.2) is 0 Å². The molecular weight excluding hydrogens is 302 g/mol. The molecule has 94 valence electrons. The number of carboxylic acid groups (broad SMARTS) is 1. The second-order valence-electron chi connectivity index (χ2n) is 4.60. The summed E-state index contributed by atoms with van der Waals surface area (Å²) in [5, 5.41) is 11.4. The minimum absolute atomic E-state index is 0.240. The number of piperidine rings is 1. The van der Waals surface area contributed by atoms with Crippen LogP contribution in [-0.4, -0.2) is 28.6 Å². The smallest absolute Gasteiger partial charge is 0.321 e. The normalized spacial score (nSPS) is 26.0. The molecule has 1 N–H and O–H groups in total. The number of halogens is 1. The van der Waals surface area contributed by atoms with E-state index in [1.807, 2.05) is 12.3 Å². The molecular formula is C12H16BrNO2S. The van der Waals surface area contributed by atoms with Gasteiger partial charge in [0.1, 0.15) is 6.04 Å². The van der Waals surface area contributed by atoms with Crippen LogP contribution in [0.25, 0.3) is 0 Å². The molecule has 1 aliphatic heterocycles. The Kier molecular flexibility index (Phi) is 4.22. The topological polar surface area (TPSA) is 40.5 Å². The van der Waals surface area contributed by atoms with E-state index in [0.717, 1.165) is 30.4 Å². The fourth-order valence-electron chi connectivity index (χ4n) is 2.49. The number of likely N-dealkylation sites (tertiary alicyclic amines) is 1. The number of rotatable bonds is 3. The first-order chi connectivity index (χ1) is 8.08. The number of nitrogens with zero attached hydrogens (tertiary/aromatic N) is 1. The van der Waals surface area contributed by atoms with Crippen LogP contribution in [0.5, 0.6) is 0 Å². The van der Waals surface area contributed by atoms with Crippen LogP contribution in [0.4, 0.5) is 0 Å². The summed E-state index contributed by atoms with van der Waals surface area (Å²) in [6.07, 6.45) is 2.11. The standard InChI is InChI=1S/C12H16BrNO2S/c1-8-3-2-4-14(11(8)12(15)16)6-10-5-9(13)7-17-10/h5,7-8,11H,2-4,6H2,1H3,(H,15,16). The zero-order valence-electron chi connectivity index (χ0n) is 9.73. The third-order valence-electron chi connectivity index (χ3n) is 3.27. The van der Waals surface area contributed by atoms with Gasteiger partial charge in [0.05, 0.1) is 0 Å². The van der Waals surface area contributed by atoms with Crippen molar-refractivity contribution in [1.82, 2.24) is 4.90 Å². The van der Waals surface area contributed by atoms with Crippen molar-refractivity contribution in [3.05, 3.63) is 20.8 Å². The maximum absolute atomic E-state index is 11.3. The van der Waals surface area contributed by atoms with E-state index in [1.165, 1.54) is 4.88 Å². The first-order valence-electron chi connectivity index (χ1n) is 5.77. The largest absolute Gasteiger partial charge is 0.480 e. The molecule has 2 unspecified atom stereocenters. The molecule has 0 amide bonds. The predicted octanol–water partition coefficient (Wildman–Crippen LogP) is 3.20. The zero-order valence-corrected chi connectivity index (χ0v) is 12.1. The molecule has 0 saturated carbocycles. The Morgan fingerprint density at radius 3 is 3.06 bits per heavy atom. The summed E-state index contributed by atoms with van der Waals surface area (Å²) < 4.78 is 1.08. The van der Waals surface area contributed by atoms with Crippen molar-refractivity contribution in [3.8, 4) is 0 Å². The Bertz CT molecular complexity index is 407. The molecule has 2 atom stereocenters. The lowest BCUT2D eigenvalue weighted by molar-refractivity contribution is -0.147. The lowest BCUT2D eigenvalue weighted by Crippen LogP contribution is -2.48. The van der Waals surface area contributed by atoms with Gasteiger partial charge in [0.2, 0.25) is 0 Å². The van der Waals surface area contributed by atoms with E-state index in [4.69, 9.17) is 0 Å². The fourth-order valence-corrected chi connectivity index (χ4v) is 3.96. The molecule has 1 aromatic rings. The highest BCUT2D eigenvalue weighted by Crippen LogP contribution is 2.28. The Balaban J connectivity index is 2.09. The molecule has 3 nitrogen and oxygen atoms in total. The Hall–Kier alpha value is -0.390. The summed E-state index contributed by atoms with van der Waals surface area (Å²) in [7, 11) is 0. The number of hydrogen-bond acceptors (Lipinski definition) is 3. The van der Waals surface area contributed by atoms with Crippen LogP contribution >= 0.6 is 27.3 Å². The van der Waals surface area contributed by atoms with E-state index in [2.05, 4.69) is 26.9 Å². The lowest BCUT2D eigenvalue weighted by atomic mass is 9.91. The highest BCUT2D eigenvalue weighted by atomic mass is 79.9. The average molecular weight is 318 g/mol. The van der Waals surface area contributed by atoms with Gasteiger partial charge in [0.25, 0.3) is 0 Å². The monoisotopic (exact) mass is 317 g/mol. The van der Waals surface area contributed by atoms with Gasteiger partial charge in [-0.3, -0.25) is 9.69 Å². The lowest BCUT2D eigenvalue weighted by Gasteiger charge is -2.36. The van der Waals surface area contributed by atoms with Gasteiger partial charge in [-0.15, -0.1) is 11.3 Å². The molecule has 0 radical (unpaired) electrons. The van der Waals surface area contributed by atoms with Gasteiger partial charge in [-0.05, 0) is 47.3 Å². The van der Waals surface area contributed by atoms with E-state index >= 15 is 0 Å². The van der Waals surface area contributed by atoms with Crippen molar-refractivity contribution in [1.29, 1.82) is 0 Å². The van der Waals surface area contributed by atoms with Crippen molar-refractivity contribution in [2.75, 3.05) is 6.54 Å². The van der Waals surface area contributed by atoms with E-state index < -0.39 is 5.97 Å². The number of thiophene rings is 1. The number of carbonyl (C=O) groups is 1. The number of hydrogen-bond donors (Lipinski definition) is 1. The zero-order chi connectivity index (χ0) is 12.4.